The molecule has 0 saturated heterocycles. The predicted molar refractivity (Wildman–Crippen MR) is 64.6 cm³/mol. The third-order valence-corrected chi connectivity index (χ3v) is 3.47. The van der Waals surface area contributed by atoms with Crippen LogP contribution in [0.1, 0.15) is 27.7 Å². The van der Waals surface area contributed by atoms with Crippen molar-refractivity contribution in [2.24, 2.45) is 0 Å². The average Bonchev–Trinajstić information content (AvgIpc) is 2.15. The van der Waals surface area contributed by atoms with E-state index in [1.807, 2.05) is 0 Å². The number of ketones is 2. The summed E-state index contributed by atoms with van der Waals surface area (Å²) in [6, 6.07) is 0. The van der Waals surface area contributed by atoms with E-state index < -0.39 is 0 Å². The van der Waals surface area contributed by atoms with Crippen LogP contribution in [0, 0.1) is 0 Å². The molecule has 0 aliphatic carbocycles. The largest absolute Gasteiger partial charge is 2.00 e. The van der Waals surface area contributed by atoms with Gasteiger partial charge in [0.2, 0.25) is 0 Å². The van der Waals surface area contributed by atoms with Crippen molar-refractivity contribution in [1.82, 2.24) is 0 Å². The predicted octanol–water partition coefficient (Wildman–Crippen LogP) is 1.12. The number of Topliss-reactive ketones (excluding diaryl/α,β-unsaturated/α-hetero) is 2. The van der Waals surface area contributed by atoms with Crippen molar-refractivity contribution in [2.75, 3.05) is 0 Å². The fraction of sp³-hybridized carbons (Fsp3) is 0.400. The van der Waals surface area contributed by atoms with Crippen molar-refractivity contribution in [2.45, 2.75) is 27.7 Å². The Bertz CT molecular complexity index is 306. The molecule has 0 aromatic rings. The first-order chi connectivity index (χ1) is 7.11. The van der Waals surface area contributed by atoms with Gasteiger partial charge in [-0.05, 0) is 45.7 Å². The van der Waals surface area contributed by atoms with Gasteiger partial charge >= 0.3 is 20.4 Å². The monoisotopic (exact) mass is 460 g/mol. The van der Waals surface area contributed by atoms with E-state index in [4.69, 9.17) is 0 Å². The number of carbonyl (C=O) groups excluding carboxylic acids is 2. The summed E-state index contributed by atoms with van der Waals surface area (Å²) >= 11 is 5.65. The third-order valence-electron chi connectivity index (χ3n) is 1.24. The van der Waals surface area contributed by atoms with Crippen LogP contribution in [0.4, 0.5) is 0 Å². The Morgan fingerprint density at radius 1 is 0.765 bits per heavy atom. The molecule has 0 radical (unpaired) electrons. The van der Waals surface area contributed by atoms with Crippen molar-refractivity contribution in [3.63, 3.8) is 0 Å². The van der Waals surface area contributed by atoms with E-state index in [-0.39, 0.29) is 52.5 Å². The quantitative estimate of drug-likeness (QED) is 0.350. The Morgan fingerprint density at radius 3 is 0.941 bits per heavy atom. The van der Waals surface area contributed by atoms with E-state index in [2.05, 4.69) is 31.9 Å². The molecule has 0 bridgehead atoms. The summed E-state index contributed by atoms with van der Waals surface area (Å²) in [5.74, 6) is -0.898. The summed E-state index contributed by atoms with van der Waals surface area (Å²) in [6.45, 7) is 5.36. The van der Waals surface area contributed by atoms with Crippen LogP contribution < -0.4 is 10.2 Å². The van der Waals surface area contributed by atoms with Crippen LogP contribution in [0.5, 0.6) is 0 Å². The number of hydrogen-bond donors (Lipinski definition) is 0. The summed E-state index contributed by atoms with van der Waals surface area (Å²) in [4.78, 5) is 20.6. The van der Waals surface area contributed by atoms with Crippen LogP contribution in [-0.2, 0) is 30.0 Å². The fourth-order valence-corrected chi connectivity index (χ4v) is 0.496. The maximum absolute atomic E-state index is 10.3. The van der Waals surface area contributed by atoms with Gasteiger partial charge in [0.1, 0.15) is 0 Å². The second-order valence-electron chi connectivity index (χ2n) is 2.85. The van der Waals surface area contributed by atoms with Crippen molar-refractivity contribution in [3.8, 4) is 0 Å². The molecular weight excluding hydrogens is 450 g/mol. The maximum atomic E-state index is 10.3. The molecule has 0 atom stereocenters. The zero-order chi connectivity index (χ0) is 13.5. The van der Waals surface area contributed by atoms with Crippen LogP contribution in [0.25, 0.3) is 0 Å². The molecule has 0 aromatic carbocycles. The number of rotatable bonds is 2. The number of allylic oxidation sites excluding steroid dienone is 4. The van der Waals surface area contributed by atoms with Gasteiger partial charge in [-0.1, -0.05) is 13.8 Å². The summed E-state index contributed by atoms with van der Waals surface area (Å²) in [6.07, 6.45) is 0. The molecule has 0 unspecified atom stereocenters. The molecule has 100 valence electrons. The number of hydrogen-bond acceptors (Lipinski definition) is 4. The molecule has 0 saturated carbocycles. The molecule has 17 heavy (non-hydrogen) atoms. The maximum Gasteiger partial charge on any atom is 2.00 e. The van der Waals surface area contributed by atoms with Gasteiger partial charge in [-0.15, -0.1) is 11.5 Å². The molecule has 0 heterocycles. The van der Waals surface area contributed by atoms with Crippen LogP contribution in [0.15, 0.2) is 20.5 Å². The van der Waals surface area contributed by atoms with Gasteiger partial charge in [0.25, 0.3) is 0 Å². The van der Waals surface area contributed by atoms with E-state index >= 15 is 0 Å². The van der Waals surface area contributed by atoms with Crippen LogP contribution in [-0.4, -0.2) is 11.6 Å². The molecule has 0 aliphatic heterocycles. The topological polar surface area (TPSA) is 80.3 Å². The molecule has 7 heteroatoms. The normalized spacial score (nSPS) is 12.1. The summed E-state index contributed by atoms with van der Waals surface area (Å²) < 4.78 is 0.273. The van der Waals surface area contributed by atoms with Gasteiger partial charge < -0.3 is 10.2 Å². The van der Waals surface area contributed by atoms with Crippen molar-refractivity contribution in [3.05, 3.63) is 20.5 Å². The fourth-order valence-electron chi connectivity index (χ4n) is 0.496. The van der Waals surface area contributed by atoms with Gasteiger partial charge in [-0.3, -0.25) is 9.59 Å². The molecule has 0 fully saturated rings. The standard InChI is InChI=1S/2C5H7BrO2.Pd/c2*1-3(7)5(6)4(2)8;/h2*7H,1-2H3;/q;;+2/p-2/b2*5-3+;. The Hall–Kier alpha value is 0.0423. The molecule has 0 aliphatic rings. The second-order valence-corrected chi connectivity index (χ2v) is 4.44. The molecule has 0 spiro atoms. The van der Waals surface area contributed by atoms with E-state index in [1.165, 1.54) is 27.7 Å². The molecule has 4 nitrogen and oxygen atoms in total. The smallest absolute Gasteiger partial charge is 0.875 e. The number of halogens is 2. The van der Waals surface area contributed by atoms with Gasteiger partial charge in [0.05, 0.1) is 0 Å². The first-order valence-corrected chi connectivity index (χ1v) is 5.78. The van der Waals surface area contributed by atoms with E-state index in [9.17, 15) is 19.8 Å². The molecule has 0 rings (SSSR count). The third kappa shape index (κ3) is 12.3. The Kier molecular flexibility index (Phi) is 14.6. The average molecular weight is 462 g/mol. The molecule has 0 aromatic heterocycles. The Morgan fingerprint density at radius 2 is 0.941 bits per heavy atom. The minimum atomic E-state index is -0.225. The van der Waals surface area contributed by atoms with Gasteiger partial charge in [0.15, 0.2) is 11.6 Å². The zero-order valence-corrected chi connectivity index (χ0v) is 14.4. The van der Waals surface area contributed by atoms with Crippen LogP contribution in [0.3, 0.4) is 0 Å². The van der Waals surface area contributed by atoms with Crippen molar-refractivity contribution >= 4 is 43.4 Å². The molecule has 0 amide bonds. The molecular formula is C10H12Br2O4Pd. The summed E-state index contributed by atoms with van der Waals surface area (Å²) in [5, 5.41) is 20.6. The Labute approximate surface area is 131 Å². The van der Waals surface area contributed by atoms with Gasteiger partial charge in [-0.2, -0.15) is 0 Å². The Balaban J connectivity index is -0.000000218. The minimum absolute atomic E-state index is 0. The van der Waals surface area contributed by atoms with Crippen LogP contribution in [0.2, 0.25) is 0 Å². The van der Waals surface area contributed by atoms with Crippen LogP contribution >= 0.6 is 31.9 Å². The van der Waals surface area contributed by atoms with E-state index in [0.717, 1.165) is 0 Å². The van der Waals surface area contributed by atoms with Gasteiger partial charge in [0, 0.05) is 8.96 Å². The summed E-state index contributed by atoms with van der Waals surface area (Å²) in [7, 11) is 0. The van der Waals surface area contributed by atoms with E-state index in [0.29, 0.717) is 0 Å². The minimum Gasteiger partial charge on any atom is -0.875 e. The van der Waals surface area contributed by atoms with Gasteiger partial charge in [-0.25, -0.2) is 0 Å². The zero-order valence-electron chi connectivity index (χ0n) is 9.71. The second kappa shape index (κ2) is 11.2. The van der Waals surface area contributed by atoms with Crippen molar-refractivity contribution in [1.29, 1.82) is 0 Å². The molecule has 0 N–H and O–H groups in total. The summed E-state index contributed by atoms with van der Waals surface area (Å²) in [5.41, 5.74) is 0. The SMILES string of the molecule is CC(=O)/C(Br)=C(/C)[O-].CC(=O)/C(Br)=C(/C)[O-].[Pd+2]. The first kappa shape index (κ1) is 22.2. The first-order valence-electron chi connectivity index (χ1n) is 4.19. The van der Waals surface area contributed by atoms with Crippen molar-refractivity contribution < 1.29 is 40.2 Å². The number of carbonyl (C=O) groups is 2. The van der Waals surface area contributed by atoms with E-state index in [1.54, 1.807) is 0 Å².